The number of piperidine rings is 1. The van der Waals surface area contributed by atoms with Crippen LogP contribution in [0.4, 0.5) is 10.1 Å². The minimum Gasteiger partial charge on any atom is -0.385 e. The Morgan fingerprint density at radius 3 is 2.42 bits per heavy atom. The fourth-order valence-corrected chi connectivity index (χ4v) is 5.50. The molecule has 1 N–H and O–H groups in total. The topological polar surface area (TPSA) is 77.9 Å². The van der Waals surface area contributed by atoms with Crippen LogP contribution in [0.2, 0.25) is 0 Å². The van der Waals surface area contributed by atoms with Crippen LogP contribution in [0.3, 0.4) is 0 Å². The molecule has 1 saturated heterocycles. The van der Waals surface area contributed by atoms with E-state index in [2.05, 4.69) is 0 Å². The van der Waals surface area contributed by atoms with Crippen LogP contribution < -0.4 is 4.31 Å². The van der Waals surface area contributed by atoms with Crippen LogP contribution in [0.1, 0.15) is 40.7 Å². The number of hydrogen-bond donors (Lipinski definition) is 1. The van der Waals surface area contributed by atoms with E-state index in [1.54, 1.807) is 24.3 Å². The van der Waals surface area contributed by atoms with Crippen molar-refractivity contribution in [1.82, 2.24) is 4.90 Å². The van der Waals surface area contributed by atoms with Crippen molar-refractivity contribution < 1.29 is 22.7 Å². The summed E-state index contributed by atoms with van der Waals surface area (Å²) in [6, 6.07) is 11.2. The van der Waals surface area contributed by atoms with E-state index in [1.165, 1.54) is 22.7 Å². The molecule has 0 amide bonds. The highest BCUT2D eigenvalue weighted by Crippen LogP contribution is 2.33. The van der Waals surface area contributed by atoms with Crippen molar-refractivity contribution in [2.45, 2.75) is 31.3 Å². The first-order valence-corrected chi connectivity index (χ1v) is 12.4. The quantitative estimate of drug-likeness (QED) is 0.715. The molecular weight excluding hydrogens is 419 g/mol. The van der Waals surface area contributed by atoms with Crippen LogP contribution in [0.5, 0.6) is 0 Å². The number of hydrogen-bond acceptors (Lipinski definition) is 5. The number of anilines is 1. The summed E-state index contributed by atoms with van der Waals surface area (Å²) in [5, 5.41) is 10.9. The maximum Gasteiger partial charge on any atom is 0.232 e. The number of sulfonamides is 1. The molecule has 2 aromatic carbocycles. The lowest BCUT2D eigenvalue weighted by atomic mass is 9.84. The molecule has 0 atom stereocenters. The summed E-state index contributed by atoms with van der Waals surface area (Å²) < 4.78 is 38.6. The van der Waals surface area contributed by atoms with Crippen molar-refractivity contribution in [3.8, 4) is 0 Å². The van der Waals surface area contributed by atoms with Gasteiger partial charge in [0.25, 0.3) is 0 Å². The van der Waals surface area contributed by atoms with Gasteiger partial charge in [0.05, 0.1) is 24.1 Å². The van der Waals surface area contributed by atoms with Gasteiger partial charge >= 0.3 is 0 Å². The fraction of sp³-hybridized carbons (Fsp3) is 0.435. The molecule has 2 aromatic rings. The molecule has 8 heteroatoms. The van der Waals surface area contributed by atoms with Crippen molar-refractivity contribution >= 4 is 21.5 Å². The van der Waals surface area contributed by atoms with Gasteiger partial charge < -0.3 is 5.11 Å². The molecule has 31 heavy (non-hydrogen) atoms. The summed E-state index contributed by atoms with van der Waals surface area (Å²) in [7, 11) is -3.34. The highest BCUT2D eigenvalue weighted by molar-refractivity contribution is 7.92. The van der Waals surface area contributed by atoms with Gasteiger partial charge in [-0.3, -0.25) is 14.0 Å². The molecular formula is C23H27FN2O4S. The minimum atomic E-state index is -3.34. The number of ketones is 1. The van der Waals surface area contributed by atoms with E-state index < -0.39 is 15.6 Å². The van der Waals surface area contributed by atoms with Gasteiger partial charge in [0.15, 0.2) is 5.78 Å². The van der Waals surface area contributed by atoms with Crippen molar-refractivity contribution in [3.05, 3.63) is 65.0 Å². The molecule has 1 fully saturated rings. The Morgan fingerprint density at radius 1 is 1.10 bits per heavy atom. The zero-order valence-corrected chi connectivity index (χ0v) is 18.4. The van der Waals surface area contributed by atoms with E-state index in [-0.39, 0.29) is 18.1 Å². The van der Waals surface area contributed by atoms with Gasteiger partial charge in [-0.25, -0.2) is 12.8 Å². The molecule has 0 radical (unpaired) electrons. The summed E-state index contributed by atoms with van der Waals surface area (Å²) in [4.78, 5) is 14.9. The lowest BCUT2D eigenvalue weighted by Crippen LogP contribution is -2.44. The van der Waals surface area contributed by atoms with Crippen LogP contribution in [-0.4, -0.2) is 56.6 Å². The van der Waals surface area contributed by atoms with Crippen LogP contribution in [0.25, 0.3) is 0 Å². The van der Waals surface area contributed by atoms with Gasteiger partial charge in [-0.05, 0) is 67.1 Å². The molecule has 4 rings (SSSR count). The second-order valence-corrected chi connectivity index (χ2v) is 10.4. The molecule has 2 heterocycles. The molecule has 2 aliphatic heterocycles. The number of fused-ring (bicyclic) bond motifs is 1. The third-order valence-corrected chi connectivity index (χ3v) is 7.49. The molecule has 0 bridgehead atoms. The zero-order chi connectivity index (χ0) is 22.2. The normalized spacial score (nSPS) is 19.1. The van der Waals surface area contributed by atoms with Gasteiger partial charge in [-0.1, -0.05) is 12.1 Å². The van der Waals surface area contributed by atoms with Crippen LogP contribution in [0.15, 0.2) is 42.5 Å². The predicted molar refractivity (Wildman–Crippen MR) is 117 cm³/mol. The fourth-order valence-electron chi connectivity index (χ4n) is 4.50. The van der Waals surface area contributed by atoms with Gasteiger partial charge in [0.2, 0.25) is 10.0 Å². The summed E-state index contributed by atoms with van der Waals surface area (Å²) >= 11 is 0. The van der Waals surface area contributed by atoms with E-state index in [9.17, 15) is 22.7 Å². The number of rotatable bonds is 5. The molecule has 0 aliphatic carbocycles. The first-order chi connectivity index (χ1) is 14.7. The Labute approximate surface area is 182 Å². The van der Waals surface area contributed by atoms with Crippen LogP contribution in [-0.2, 0) is 22.0 Å². The van der Waals surface area contributed by atoms with Crippen molar-refractivity contribution in [2.24, 2.45) is 0 Å². The van der Waals surface area contributed by atoms with Crippen molar-refractivity contribution in [2.75, 3.05) is 36.7 Å². The molecule has 0 aromatic heterocycles. The van der Waals surface area contributed by atoms with Gasteiger partial charge in [0.1, 0.15) is 5.82 Å². The lowest BCUT2D eigenvalue weighted by molar-refractivity contribution is -0.0245. The standard InChI is InChI=1S/C23H27FN2O4S/c1-31(29,30)26-12-2-3-17-15-18(4-9-21(17)26)22(27)16-25-13-10-23(28,11-14-25)19-5-7-20(24)8-6-19/h4-9,15,28H,2-3,10-14,16H2,1H3. The molecule has 166 valence electrons. The summed E-state index contributed by atoms with van der Waals surface area (Å²) in [6.07, 6.45) is 3.62. The average molecular weight is 447 g/mol. The number of likely N-dealkylation sites (tertiary alicyclic amines) is 1. The summed E-state index contributed by atoms with van der Waals surface area (Å²) in [6.45, 7) is 1.83. The number of carbonyl (C=O) groups is 1. The molecule has 0 saturated carbocycles. The predicted octanol–water partition coefficient (Wildman–Crippen LogP) is 2.70. The first-order valence-electron chi connectivity index (χ1n) is 10.5. The smallest absolute Gasteiger partial charge is 0.232 e. The Bertz CT molecular complexity index is 1080. The first kappa shape index (κ1) is 21.9. The van der Waals surface area contributed by atoms with Crippen molar-refractivity contribution in [3.63, 3.8) is 0 Å². The van der Waals surface area contributed by atoms with E-state index in [4.69, 9.17) is 0 Å². The monoisotopic (exact) mass is 446 g/mol. The minimum absolute atomic E-state index is 0.0218. The number of aryl methyl sites for hydroxylation is 1. The summed E-state index contributed by atoms with van der Waals surface area (Å²) in [5.74, 6) is -0.355. The molecule has 0 spiro atoms. The maximum atomic E-state index is 13.2. The SMILES string of the molecule is CS(=O)(=O)N1CCCc2cc(C(=O)CN3CCC(O)(c4ccc(F)cc4)CC3)ccc21. The van der Waals surface area contributed by atoms with Crippen molar-refractivity contribution in [1.29, 1.82) is 0 Å². The van der Waals surface area contributed by atoms with E-state index >= 15 is 0 Å². The zero-order valence-electron chi connectivity index (χ0n) is 17.6. The Hall–Kier alpha value is -2.29. The van der Waals surface area contributed by atoms with Crippen LogP contribution in [0, 0.1) is 5.82 Å². The lowest BCUT2D eigenvalue weighted by Gasteiger charge is -2.38. The molecule has 2 aliphatic rings. The van der Waals surface area contributed by atoms with Gasteiger partial charge in [-0.2, -0.15) is 0 Å². The van der Waals surface area contributed by atoms with Gasteiger partial charge in [0, 0.05) is 25.2 Å². The number of nitrogens with zero attached hydrogens (tertiary/aromatic N) is 2. The largest absolute Gasteiger partial charge is 0.385 e. The number of carbonyl (C=O) groups excluding carboxylic acids is 1. The third-order valence-electron chi connectivity index (χ3n) is 6.31. The highest BCUT2D eigenvalue weighted by Gasteiger charge is 2.34. The third kappa shape index (κ3) is 4.66. The molecule has 0 unspecified atom stereocenters. The number of benzene rings is 2. The maximum absolute atomic E-state index is 13.2. The second kappa shape index (κ2) is 8.33. The Balaban J connectivity index is 1.41. The number of Topliss-reactive ketones (excluding diaryl/α,β-unsaturated/α-hetero) is 1. The van der Waals surface area contributed by atoms with E-state index in [1.807, 2.05) is 11.0 Å². The number of halogens is 1. The molecule has 6 nitrogen and oxygen atoms in total. The Morgan fingerprint density at radius 2 is 1.77 bits per heavy atom. The van der Waals surface area contributed by atoms with Gasteiger partial charge in [-0.15, -0.1) is 0 Å². The Kier molecular flexibility index (Phi) is 5.89. The second-order valence-electron chi connectivity index (χ2n) is 8.52. The average Bonchev–Trinajstić information content (AvgIpc) is 2.74. The van der Waals surface area contributed by atoms with E-state index in [0.717, 1.165) is 18.4 Å². The highest BCUT2D eigenvalue weighted by atomic mass is 32.2. The van der Waals surface area contributed by atoms with E-state index in [0.29, 0.717) is 49.3 Å². The van der Waals surface area contributed by atoms with Crippen LogP contribution >= 0.6 is 0 Å². The summed E-state index contributed by atoms with van der Waals surface area (Å²) in [5.41, 5.74) is 1.81. The number of aliphatic hydroxyl groups is 1.